The van der Waals surface area contributed by atoms with Gasteiger partial charge in [0, 0.05) is 25.2 Å². The van der Waals surface area contributed by atoms with E-state index < -0.39 is 6.04 Å². The van der Waals surface area contributed by atoms with Crippen LogP contribution < -0.4 is 4.90 Å². The molecule has 1 saturated heterocycles. The van der Waals surface area contributed by atoms with Crippen LogP contribution in [0.4, 0.5) is 5.69 Å². The third kappa shape index (κ3) is 3.92. The third-order valence-electron chi connectivity index (χ3n) is 4.31. The fraction of sp³-hybridized carbons (Fsp3) is 0.579. The first-order chi connectivity index (χ1) is 10.6. The van der Waals surface area contributed by atoms with E-state index in [1.54, 1.807) is 4.90 Å². The summed E-state index contributed by atoms with van der Waals surface area (Å²) in [7, 11) is 0. The molecule has 126 valence electrons. The van der Waals surface area contributed by atoms with E-state index in [1.165, 1.54) is 0 Å². The lowest BCUT2D eigenvalue weighted by atomic mass is 9.91. The molecule has 4 nitrogen and oxygen atoms in total. The molecule has 0 unspecified atom stereocenters. The minimum Gasteiger partial charge on any atom is -0.329 e. The Morgan fingerprint density at radius 2 is 1.87 bits per heavy atom. The molecular formula is C19H28N2O2. The van der Waals surface area contributed by atoms with Crippen LogP contribution >= 0.6 is 0 Å². The Morgan fingerprint density at radius 3 is 2.48 bits per heavy atom. The van der Waals surface area contributed by atoms with Gasteiger partial charge in [-0.1, -0.05) is 32.9 Å². The van der Waals surface area contributed by atoms with Gasteiger partial charge in [0.05, 0.1) is 0 Å². The molecule has 0 radical (unpaired) electrons. The van der Waals surface area contributed by atoms with E-state index in [0.29, 0.717) is 19.5 Å². The first-order valence-electron chi connectivity index (χ1n) is 8.28. The van der Waals surface area contributed by atoms with Gasteiger partial charge in [0.1, 0.15) is 6.04 Å². The van der Waals surface area contributed by atoms with Gasteiger partial charge in [0.15, 0.2) is 0 Å². The van der Waals surface area contributed by atoms with Crippen molar-refractivity contribution in [3.05, 3.63) is 29.3 Å². The van der Waals surface area contributed by atoms with Crippen molar-refractivity contribution in [1.82, 2.24) is 4.90 Å². The van der Waals surface area contributed by atoms with Gasteiger partial charge < -0.3 is 9.80 Å². The number of rotatable bonds is 2. The predicted octanol–water partition coefficient (Wildman–Crippen LogP) is 3.30. The molecule has 0 saturated carbocycles. The number of aryl methyl sites for hydroxylation is 2. The fourth-order valence-corrected chi connectivity index (χ4v) is 3.02. The lowest BCUT2D eigenvalue weighted by Gasteiger charge is -2.40. The minimum absolute atomic E-state index is 0.00668. The zero-order valence-electron chi connectivity index (χ0n) is 15.1. The first-order valence-corrected chi connectivity index (χ1v) is 8.28. The van der Waals surface area contributed by atoms with Crippen LogP contribution in [0.3, 0.4) is 0 Å². The molecule has 0 spiro atoms. The van der Waals surface area contributed by atoms with Crippen molar-refractivity contribution >= 4 is 17.5 Å². The maximum atomic E-state index is 12.8. The monoisotopic (exact) mass is 316 g/mol. The topological polar surface area (TPSA) is 40.6 Å². The number of amides is 2. The Labute approximate surface area is 139 Å². The maximum Gasteiger partial charge on any atom is 0.249 e. The summed E-state index contributed by atoms with van der Waals surface area (Å²) in [6.07, 6.45) is 0.466. The smallest absolute Gasteiger partial charge is 0.249 e. The number of hydrogen-bond donors (Lipinski definition) is 0. The Balaban J connectivity index is 2.18. The van der Waals surface area contributed by atoms with Gasteiger partial charge in [-0.3, -0.25) is 9.59 Å². The molecule has 0 N–H and O–H groups in total. The van der Waals surface area contributed by atoms with Gasteiger partial charge in [0.2, 0.25) is 11.8 Å². The van der Waals surface area contributed by atoms with Crippen LogP contribution in [-0.2, 0) is 9.59 Å². The van der Waals surface area contributed by atoms with E-state index in [4.69, 9.17) is 0 Å². The van der Waals surface area contributed by atoms with E-state index in [0.717, 1.165) is 16.8 Å². The van der Waals surface area contributed by atoms with Gasteiger partial charge in [-0.15, -0.1) is 0 Å². The van der Waals surface area contributed by atoms with Crippen LogP contribution in [0.25, 0.3) is 0 Å². The highest BCUT2D eigenvalue weighted by Gasteiger charge is 2.36. The predicted molar refractivity (Wildman–Crippen MR) is 93.5 cm³/mol. The van der Waals surface area contributed by atoms with Gasteiger partial charge in [-0.25, -0.2) is 0 Å². The third-order valence-corrected chi connectivity index (χ3v) is 4.31. The molecule has 2 rings (SSSR count). The molecule has 1 aromatic carbocycles. The van der Waals surface area contributed by atoms with Crippen molar-refractivity contribution in [2.24, 2.45) is 5.41 Å². The normalized spacial score (nSPS) is 19.2. The molecule has 1 fully saturated rings. The summed E-state index contributed by atoms with van der Waals surface area (Å²) in [5, 5.41) is 0. The van der Waals surface area contributed by atoms with E-state index >= 15 is 0 Å². The number of nitrogens with zero attached hydrogens (tertiary/aromatic N) is 2. The highest BCUT2D eigenvalue weighted by Crippen LogP contribution is 2.27. The average Bonchev–Trinajstić information content (AvgIpc) is 2.42. The molecule has 23 heavy (non-hydrogen) atoms. The summed E-state index contributed by atoms with van der Waals surface area (Å²) in [5.41, 5.74) is 3.12. The number of hydrogen-bond acceptors (Lipinski definition) is 2. The quantitative estimate of drug-likeness (QED) is 0.840. The number of carbonyl (C=O) groups is 2. The Morgan fingerprint density at radius 1 is 1.22 bits per heavy atom. The molecular weight excluding hydrogens is 288 g/mol. The van der Waals surface area contributed by atoms with Crippen molar-refractivity contribution in [3.8, 4) is 0 Å². The van der Waals surface area contributed by atoms with Crippen LogP contribution in [-0.4, -0.2) is 35.8 Å². The molecule has 0 bridgehead atoms. The first kappa shape index (κ1) is 17.5. The fourth-order valence-electron chi connectivity index (χ4n) is 3.02. The number of piperazine rings is 1. The largest absolute Gasteiger partial charge is 0.329 e. The summed E-state index contributed by atoms with van der Waals surface area (Å²) in [5.74, 6) is 0.0752. The van der Waals surface area contributed by atoms with Gasteiger partial charge >= 0.3 is 0 Å². The van der Waals surface area contributed by atoms with Crippen molar-refractivity contribution in [2.45, 2.75) is 54.0 Å². The molecule has 4 heteroatoms. The van der Waals surface area contributed by atoms with Gasteiger partial charge in [0.25, 0.3) is 0 Å². The summed E-state index contributed by atoms with van der Waals surface area (Å²) >= 11 is 0. The zero-order chi connectivity index (χ0) is 17.4. The molecule has 1 aliphatic heterocycles. The van der Waals surface area contributed by atoms with Crippen LogP contribution in [0.2, 0.25) is 0 Å². The molecule has 1 atom stereocenters. The van der Waals surface area contributed by atoms with Crippen molar-refractivity contribution in [2.75, 3.05) is 18.0 Å². The second kappa shape index (κ2) is 6.34. The molecule has 0 aromatic heterocycles. The van der Waals surface area contributed by atoms with E-state index in [-0.39, 0.29) is 17.2 Å². The van der Waals surface area contributed by atoms with Crippen molar-refractivity contribution in [3.63, 3.8) is 0 Å². The van der Waals surface area contributed by atoms with E-state index in [1.807, 2.05) is 58.6 Å². The lowest BCUT2D eigenvalue weighted by Crippen LogP contribution is -2.58. The van der Waals surface area contributed by atoms with Crippen molar-refractivity contribution in [1.29, 1.82) is 0 Å². The number of benzene rings is 1. The van der Waals surface area contributed by atoms with Crippen LogP contribution in [0.15, 0.2) is 18.2 Å². The Kier molecular flexibility index (Phi) is 4.83. The Hall–Kier alpha value is -1.84. The second-order valence-corrected chi connectivity index (χ2v) is 7.78. The summed E-state index contributed by atoms with van der Waals surface area (Å²) in [6.45, 7) is 13.2. The summed E-state index contributed by atoms with van der Waals surface area (Å²) < 4.78 is 0. The van der Waals surface area contributed by atoms with E-state index in [2.05, 4.69) is 6.07 Å². The summed E-state index contributed by atoms with van der Waals surface area (Å²) in [4.78, 5) is 28.8. The molecule has 1 heterocycles. The standard InChI is InChI=1S/C19H28N2O2/c1-13-7-8-14(2)16(11-13)21-10-9-20(15(3)18(21)23)17(22)12-19(4,5)6/h7-8,11,15H,9-10,12H2,1-6H3/t15-/m0/s1. The molecule has 1 aliphatic rings. The summed E-state index contributed by atoms with van der Waals surface area (Å²) in [6, 6.07) is 5.74. The molecule has 2 amide bonds. The van der Waals surface area contributed by atoms with Crippen LogP contribution in [0, 0.1) is 19.3 Å². The zero-order valence-corrected chi connectivity index (χ0v) is 15.1. The Bertz CT molecular complexity index is 616. The maximum absolute atomic E-state index is 12.8. The van der Waals surface area contributed by atoms with Crippen LogP contribution in [0.5, 0.6) is 0 Å². The molecule has 0 aliphatic carbocycles. The SMILES string of the molecule is Cc1ccc(C)c(N2CCN(C(=O)CC(C)(C)C)[C@@H](C)C2=O)c1. The van der Waals surface area contributed by atoms with Gasteiger partial charge in [-0.2, -0.15) is 0 Å². The molecule has 1 aromatic rings. The second-order valence-electron chi connectivity index (χ2n) is 7.78. The highest BCUT2D eigenvalue weighted by molar-refractivity contribution is 6.00. The van der Waals surface area contributed by atoms with Crippen molar-refractivity contribution < 1.29 is 9.59 Å². The average molecular weight is 316 g/mol. The lowest BCUT2D eigenvalue weighted by molar-refractivity contribution is -0.142. The van der Waals surface area contributed by atoms with E-state index in [9.17, 15) is 9.59 Å². The minimum atomic E-state index is -0.404. The number of anilines is 1. The highest BCUT2D eigenvalue weighted by atomic mass is 16.2. The number of carbonyl (C=O) groups excluding carboxylic acids is 2. The van der Waals surface area contributed by atoms with Crippen LogP contribution in [0.1, 0.15) is 45.2 Å². The van der Waals surface area contributed by atoms with Gasteiger partial charge in [-0.05, 0) is 43.4 Å².